The summed E-state index contributed by atoms with van der Waals surface area (Å²) >= 11 is 3.04. The van der Waals surface area contributed by atoms with Gasteiger partial charge in [0.2, 0.25) is 0 Å². The third-order valence-electron chi connectivity index (χ3n) is 2.19. The summed E-state index contributed by atoms with van der Waals surface area (Å²) in [6, 6.07) is 5.84. The molecule has 94 valence electrons. The van der Waals surface area contributed by atoms with Crippen LogP contribution in [0.3, 0.4) is 0 Å². The maximum Gasteiger partial charge on any atom is 0.284 e. The van der Waals surface area contributed by atoms with Crippen molar-refractivity contribution in [1.82, 2.24) is 5.32 Å². The van der Waals surface area contributed by atoms with Crippen LogP contribution in [-0.4, -0.2) is 16.9 Å². The third kappa shape index (κ3) is 3.28. The summed E-state index contributed by atoms with van der Waals surface area (Å²) in [5.41, 5.74) is 0.00424. The van der Waals surface area contributed by atoms with E-state index in [1.165, 1.54) is 18.2 Å². The summed E-state index contributed by atoms with van der Waals surface area (Å²) in [4.78, 5) is 22.0. The molecule has 1 N–H and O–H groups in total. The number of benzene rings is 1. The molecule has 1 amide bonds. The lowest BCUT2D eigenvalue weighted by Gasteiger charge is -2.11. The highest BCUT2D eigenvalue weighted by atomic mass is 79.9. The zero-order chi connectivity index (χ0) is 13.7. The van der Waals surface area contributed by atoms with Gasteiger partial charge >= 0.3 is 0 Å². The minimum absolute atomic E-state index is 0.136. The third-order valence-corrected chi connectivity index (χ3v) is 3.03. The van der Waals surface area contributed by atoms with Crippen molar-refractivity contribution in [2.75, 3.05) is 0 Å². The number of nitriles is 1. The number of nitro groups is 1. The summed E-state index contributed by atoms with van der Waals surface area (Å²) in [6.45, 7) is 1.69. The number of halogens is 1. The number of amides is 1. The molecule has 0 aromatic heterocycles. The molecule has 6 nitrogen and oxygen atoms in total. The molecule has 0 fully saturated rings. The standard InChI is InChI=1S/C11H10BrN3O3/c1-7(5-6-13)14-11(16)8-3-2-4-9(10(8)12)15(17)18/h2-4,7H,5H2,1H3,(H,14,16). The second-order valence-corrected chi connectivity index (χ2v) is 4.43. The molecule has 0 saturated heterocycles. The lowest BCUT2D eigenvalue weighted by molar-refractivity contribution is -0.385. The predicted octanol–water partition coefficient (Wildman–Crippen LogP) is 2.39. The van der Waals surface area contributed by atoms with Gasteiger partial charge < -0.3 is 5.32 Å². The highest BCUT2D eigenvalue weighted by Crippen LogP contribution is 2.28. The SMILES string of the molecule is CC(CC#N)NC(=O)c1cccc([N+](=O)[O-])c1Br. The minimum atomic E-state index is -0.570. The van der Waals surface area contributed by atoms with E-state index in [0.29, 0.717) is 0 Å². The Bertz CT molecular complexity index is 525. The Morgan fingerprint density at radius 1 is 1.67 bits per heavy atom. The van der Waals surface area contributed by atoms with E-state index in [9.17, 15) is 14.9 Å². The highest BCUT2D eigenvalue weighted by Gasteiger charge is 2.20. The molecular formula is C11H10BrN3O3. The number of nitrogens with zero attached hydrogens (tertiary/aromatic N) is 2. The van der Waals surface area contributed by atoms with Crippen LogP contribution in [0.5, 0.6) is 0 Å². The maximum absolute atomic E-state index is 11.9. The van der Waals surface area contributed by atoms with Gasteiger partial charge in [-0.15, -0.1) is 0 Å². The van der Waals surface area contributed by atoms with E-state index >= 15 is 0 Å². The first-order valence-corrected chi connectivity index (χ1v) is 5.87. The van der Waals surface area contributed by atoms with Crippen molar-refractivity contribution < 1.29 is 9.72 Å². The average Bonchev–Trinajstić information content (AvgIpc) is 2.28. The molecule has 18 heavy (non-hydrogen) atoms. The van der Waals surface area contributed by atoms with Gasteiger partial charge in [0.25, 0.3) is 11.6 Å². The van der Waals surface area contributed by atoms with Crippen molar-refractivity contribution in [2.24, 2.45) is 0 Å². The molecule has 1 aromatic carbocycles. The van der Waals surface area contributed by atoms with Crippen LogP contribution in [0, 0.1) is 21.4 Å². The van der Waals surface area contributed by atoms with E-state index in [0.717, 1.165) is 0 Å². The summed E-state index contributed by atoms with van der Waals surface area (Å²) < 4.78 is 0.136. The normalized spacial score (nSPS) is 11.4. The van der Waals surface area contributed by atoms with Crippen LogP contribution in [0.15, 0.2) is 22.7 Å². The van der Waals surface area contributed by atoms with Gasteiger partial charge in [-0.25, -0.2) is 0 Å². The van der Waals surface area contributed by atoms with Crippen LogP contribution in [0.1, 0.15) is 23.7 Å². The van der Waals surface area contributed by atoms with Gasteiger partial charge in [-0.05, 0) is 28.9 Å². The van der Waals surface area contributed by atoms with Crippen LogP contribution < -0.4 is 5.32 Å². The molecule has 0 aliphatic heterocycles. The Balaban J connectivity index is 2.97. The van der Waals surface area contributed by atoms with Gasteiger partial charge in [0, 0.05) is 12.1 Å². The van der Waals surface area contributed by atoms with E-state index in [1.807, 2.05) is 6.07 Å². The molecule has 1 unspecified atom stereocenters. The summed E-state index contributed by atoms with van der Waals surface area (Å²) in [5, 5.41) is 21.8. The fourth-order valence-corrected chi connectivity index (χ4v) is 1.91. The summed E-state index contributed by atoms with van der Waals surface area (Å²) in [7, 11) is 0. The zero-order valence-electron chi connectivity index (χ0n) is 9.51. The Morgan fingerprint density at radius 3 is 2.89 bits per heavy atom. The van der Waals surface area contributed by atoms with Crippen molar-refractivity contribution in [3.8, 4) is 6.07 Å². The number of nitrogens with one attached hydrogen (secondary N) is 1. The maximum atomic E-state index is 11.9. The van der Waals surface area contributed by atoms with Crippen molar-refractivity contribution in [3.05, 3.63) is 38.3 Å². The lowest BCUT2D eigenvalue weighted by Crippen LogP contribution is -2.32. The zero-order valence-corrected chi connectivity index (χ0v) is 11.1. The van der Waals surface area contributed by atoms with E-state index in [4.69, 9.17) is 5.26 Å². The van der Waals surface area contributed by atoms with Crippen LogP contribution in [0.25, 0.3) is 0 Å². The molecule has 7 heteroatoms. The van der Waals surface area contributed by atoms with Crippen LogP contribution in [0.2, 0.25) is 0 Å². The van der Waals surface area contributed by atoms with Gasteiger partial charge in [0.1, 0.15) is 4.47 Å². The molecular weight excluding hydrogens is 302 g/mol. The van der Waals surface area contributed by atoms with Crippen LogP contribution >= 0.6 is 15.9 Å². The van der Waals surface area contributed by atoms with Crippen molar-refractivity contribution in [1.29, 1.82) is 5.26 Å². The smallest absolute Gasteiger partial charge is 0.284 e. The summed E-state index contributed by atoms with van der Waals surface area (Å²) in [5.74, 6) is -0.451. The molecule has 0 radical (unpaired) electrons. The molecule has 0 bridgehead atoms. The quantitative estimate of drug-likeness (QED) is 0.682. The lowest BCUT2D eigenvalue weighted by atomic mass is 10.1. The Labute approximate surface area is 112 Å². The molecule has 0 spiro atoms. The largest absolute Gasteiger partial charge is 0.349 e. The topological polar surface area (TPSA) is 96.0 Å². The molecule has 0 saturated carbocycles. The highest BCUT2D eigenvalue weighted by molar-refractivity contribution is 9.10. The first-order valence-electron chi connectivity index (χ1n) is 5.08. The number of carbonyl (C=O) groups is 1. The Morgan fingerprint density at radius 2 is 2.33 bits per heavy atom. The van der Waals surface area contributed by atoms with Crippen molar-refractivity contribution in [2.45, 2.75) is 19.4 Å². The van der Waals surface area contributed by atoms with Crippen LogP contribution in [-0.2, 0) is 0 Å². The van der Waals surface area contributed by atoms with Gasteiger partial charge in [-0.3, -0.25) is 14.9 Å². The van der Waals surface area contributed by atoms with Gasteiger partial charge in [0.15, 0.2) is 0 Å². The fraction of sp³-hybridized carbons (Fsp3) is 0.273. The minimum Gasteiger partial charge on any atom is -0.349 e. The molecule has 0 aliphatic rings. The van der Waals surface area contributed by atoms with E-state index in [-0.39, 0.29) is 28.2 Å². The summed E-state index contributed by atoms with van der Waals surface area (Å²) in [6.07, 6.45) is 0.179. The van der Waals surface area contributed by atoms with Crippen molar-refractivity contribution >= 4 is 27.5 Å². The van der Waals surface area contributed by atoms with E-state index in [2.05, 4.69) is 21.2 Å². The number of rotatable bonds is 4. The molecule has 0 heterocycles. The second kappa shape index (κ2) is 6.12. The average molecular weight is 312 g/mol. The van der Waals surface area contributed by atoms with Gasteiger partial charge in [-0.1, -0.05) is 6.07 Å². The molecule has 1 rings (SSSR count). The monoisotopic (exact) mass is 311 g/mol. The number of nitro benzene ring substituents is 1. The number of hydrogen-bond acceptors (Lipinski definition) is 4. The predicted molar refractivity (Wildman–Crippen MR) is 68.0 cm³/mol. The number of carbonyl (C=O) groups excluding carboxylic acids is 1. The first-order chi connectivity index (χ1) is 8.47. The molecule has 1 atom stereocenters. The van der Waals surface area contributed by atoms with Crippen LogP contribution in [0.4, 0.5) is 5.69 Å². The van der Waals surface area contributed by atoms with E-state index in [1.54, 1.807) is 6.92 Å². The number of hydrogen-bond donors (Lipinski definition) is 1. The fourth-order valence-electron chi connectivity index (χ4n) is 1.33. The Kier molecular flexibility index (Phi) is 4.80. The first kappa shape index (κ1) is 14.1. The van der Waals surface area contributed by atoms with Gasteiger partial charge in [-0.2, -0.15) is 5.26 Å². The molecule has 1 aromatic rings. The second-order valence-electron chi connectivity index (χ2n) is 3.63. The van der Waals surface area contributed by atoms with E-state index < -0.39 is 10.8 Å². The van der Waals surface area contributed by atoms with Gasteiger partial charge in [0.05, 0.1) is 23.0 Å². The van der Waals surface area contributed by atoms with Crippen molar-refractivity contribution in [3.63, 3.8) is 0 Å². The molecule has 0 aliphatic carbocycles. The Hall–Kier alpha value is -1.94.